The van der Waals surface area contributed by atoms with Crippen molar-refractivity contribution in [2.45, 2.75) is 19.4 Å². The first-order valence-corrected chi connectivity index (χ1v) is 7.25. The van der Waals surface area contributed by atoms with Crippen LogP contribution in [0.3, 0.4) is 0 Å². The number of para-hydroxylation sites is 1. The van der Waals surface area contributed by atoms with Crippen molar-refractivity contribution >= 4 is 11.0 Å². The van der Waals surface area contributed by atoms with Gasteiger partial charge in [-0.05, 0) is 42.8 Å². The molecule has 3 heteroatoms. The van der Waals surface area contributed by atoms with Crippen LogP contribution in [0.1, 0.15) is 30.7 Å². The molecule has 3 aromatic rings. The molecule has 2 nitrogen and oxygen atoms in total. The average molecular weight is 283 g/mol. The minimum atomic E-state index is -0.230. The molecule has 21 heavy (non-hydrogen) atoms. The molecule has 0 aliphatic carbocycles. The molecule has 0 saturated carbocycles. The van der Waals surface area contributed by atoms with Crippen LogP contribution in [0.5, 0.6) is 0 Å². The molecule has 0 aliphatic heterocycles. The van der Waals surface area contributed by atoms with Gasteiger partial charge in [0.2, 0.25) is 0 Å². The quantitative estimate of drug-likeness (QED) is 0.736. The van der Waals surface area contributed by atoms with Crippen LogP contribution in [0.25, 0.3) is 11.0 Å². The lowest BCUT2D eigenvalue weighted by Crippen LogP contribution is -2.22. The van der Waals surface area contributed by atoms with Gasteiger partial charge in [-0.2, -0.15) is 0 Å². The van der Waals surface area contributed by atoms with Crippen LogP contribution in [-0.2, 0) is 0 Å². The van der Waals surface area contributed by atoms with Crippen LogP contribution < -0.4 is 5.32 Å². The van der Waals surface area contributed by atoms with Gasteiger partial charge in [-0.3, -0.25) is 0 Å². The molecule has 0 fully saturated rings. The molecule has 0 aliphatic rings. The smallest absolute Gasteiger partial charge is 0.134 e. The zero-order valence-electron chi connectivity index (χ0n) is 12.0. The van der Waals surface area contributed by atoms with Crippen molar-refractivity contribution in [3.05, 3.63) is 71.7 Å². The molecule has 1 atom stereocenters. The molecule has 0 amide bonds. The number of furan rings is 1. The van der Waals surface area contributed by atoms with E-state index in [2.05, 4.69) is 12.2 Å². The standard InChI is InChI=1S/C18H18FNO/c1-2-10-20-18(14-7-5-8-15(19)11-14)17-12-13-6-3-4-9-16(13)21-17/h3-9,11-12,18,20H,2,10H2,1H3. The molecule has 108 valence electrons. The van der Waals surface area contributed by atoms with Gasteiger partial charge in [-0.15, -0.1) is 0 Å². The van der Waals surface area contributed by atoms with E-state index in [1.165, 1.54) is 6.07 Å². The monoisotopic (exact) mass is 283 g/mol. The van der Waals surface area contributed by atoms with Gasteiger partial charge in [0.15, 0.2) is 0 Å². The summed E-state index contributed by atoms with van der Waals surface area (Å²) in [5, 5.41) is 4.49. The van der Waals surface area contributed by atoms with Gasteiger partial charge in [-0.1, -0.05) is 37.3 Å². The number of fused-ring (bicyclic) bond motifs is 1. The molecule has 0 saturated heterocycles. The topological polar surface area (TPSA) is 25.2 Å². The van der Waals surface area contributed by atoms with Gasteiger partial charge in [0.1, 0.15) is 17.2 Å². The highest BCUT2D eigenvalue weighted by Crippen LogP contribution is 2.28. The number of halogens is 1. The van der Waals surface area contributed by atoms with Gasteiger partial charge >= 0.3 is 0 Å². The van der Waals surface area contributed by atoms with Gasteiger partial charge in [0.05, 0.1) is 6.04 Å². The summed E-state index contributed by atoms with van der Waals surface area (Å²) in [6.45, 7) is 2.95. The predicted octanol–water partition coefficient (Wildman–Crippen LogP) is 4.66. The number of rotatable bonds is 5. The molecule has 0 radical (unpaired) electrons. The van der Waals surface area contributed by atoms with E-state index in [0.717, 1.165) is 35.3 Å². The minimum Gasteiger partial charge on any atom is -0.459 e. The highest BCUT2D eigenvalue weighted by molar-refractivity contribution is 5.77. The molecule has 0 spiro atoms. The maximum Gasteiger partial charge on any atom is 0.134 e. The molecular formula is C18H18FNO. The van der Waals surface area contributed by atoms with E-state index in [0.29, 0.717) is 0 Å². The molecule has 2 aromatic carbocycles. The van der Waals surface area contributed by atoms with Crippen LogP contribution in [-0.4, -0.2) is 6.54 Å². The average Bonchev–Trinajstić information content (AvgIpc) is 2.91. The molecule has 1 heterocycles. The van der Waals surface area contributed by atoms with E-state index in [1.54, 1.807) is 12.1 Å². The maximum atomic E-state index is 13.5. The second kappa shape index (κ2) is 6.10. The summed E-state index contributed by atoms with van der Waals surface area (Å²) < 4.78 is 19.4. The Kier molecular flexibility index (Phi) is 4.02. The van der Waals surface area contributed by atoms with E-state index in [9.17, 15) is 4.39 Å². The number of hydrogen-bond donors (Lipinski definition) is 1. The van der Waals surface area contributed by atoms with Crippen LogP contribution in [0, 0.1) is 5.82 Å². The van der Waals surface area contributed by atoms with Crippen LogP contribution in [0.4, 0.5) is 4.39 Å². The van der Waals surface area contributed by atoms with Gasteiger partial charge in [0.25, 0.3) is 0 Å². The van der Waals surface area contributed by atoms with Gasteiger partial charge in [0, 0.05) is 5.39 Å². The molecule has 1 aromatic heterocycles. The first-order valence-electron chi connectivity index (χ1n) is 7.25. The summed E-state index contributed by atoms with van der Waals surface area (Å²) >= 11 is 0. The second-order valence-corrected chi connectivity index (χ2v) is 5.13. The number of hydrogen-bond acceptors (Lipinski definition) is 2. The third-order valence-electron chi connectivity index (χ3n) is 3.51. The fourth-order valence-electron chi connectivity index (χ4n) is 2.50. The Morgan fingerprint density at radius 1 is 1.10 bits per heavy atom. The van der Waals surface area contributed by atoms with Gasteiger partial charge in [-0.25, -0.2) is 4.39 Å². The zero-order chi connectivity index (χ0) is 14.7. The predicted molar refractivity (Wildman–Crippen MR) is 82.8 cm³/mol. The first-order chi connectivity index (χ1) is 10.3. The van der Waals surface area contributed by atoms with E-state index >= 15 is 0 Å². The third kappa shape index (κ3) is 2.98. The highest BCUT2D eigenvalue weighted by atomic mass is 19.1. The number of benzene rings is 2. The molecule has 3 rings (SSSR count). The summed E-state index contributed by atoms with van der Waals surface area (Å²) in [4.78, 5) is 0. The first kappa shape index (κ1) is 13.8. The Morgan fingerprint density at radius 2 is 1.95 bits per heavy atom. The molecule has 0 bridgehead atoms. The zero-order valence-corrected chi connectivity index (χ0v) is 12.0. The SMILES string of the molecule is CCCNC(c1cccc(F)c1)c1cc2ccccc2o1. The van der Waals surface area contributed by atoms with Crippen molar-refractivity contribution < 1.29 is 8.81 Å². The van der Waals surface area contributed by atoms with Gasteiger partial charge < -0.3 is 9.73 Å². The Labute approximate surface area is 123 Å². The fraction of sp³-hybridized carbons (Fsp3) is 0.222. The summed E-state index contributed by atoms with van der Waals surface area (Å²) in [5.41, 5.74) is 1.73. The normalized spacial score (nSPS) is 12.7. The maximum absolute atomic E-state index is 13.5. The second-order valence-electron chi connectivity index (χ2n) is 5.13. The lowest BCUT2D eigenvalue weighted by molar-refractivity contribution is 0.468. The van der Waals surface area contributed by atoms with Crippen LogP contribution in [0.2, 0.25) is 0 Å². The van der Waals surface area contributed by atoms with Crippen molar-refractivity contribution in [2.24, 2.45) is 0 Å². The van der Waals surface area contributed by atoms with Crippen molar-refractivity contribution in [1.29, 1.82) is 0 Å². The largest absolute Gasteiger partial charge is 0.459 e. The summed E-state index contributed by atoms with van der Waals surface area (Å²) in [7, 11) is 0. The van der Waals surface area contributed by atoms with Crippen molar-refractivity contribution in [3.63, 3.8) is 0 Å². The Balaban J connectivity index is 2.02. The van der Waals surface area contributed by atoms with E-state index in [4.69, 9.17) is 4.42 Å². The number of nitrogens with one attached hydrogen (secondary N) is 1. The Morgan fingerprint density at radius 3 is 2.71 bits per heavy atom. The summed E-state index contributed by atoms with van der Waals surface area (Å²) in [5.74, 6) is 0.585. The summed E-state index contributed by atoms with van der Waals surface area (Å²) in [6.07, 6.45) is 1.01. The molecular weight excluding hydrogens is 265 g/mol. The molecule has 1 N–H and O–H groups in total. The van der Waals surface area contributed by atoms with E-state index in [-0.39, 0.29) is 11.9 Å². The van der Waals surface area contributed by atoms with E-state index in [1.807, 2.05) is 36.4 Å². The Hall–Kier alpha value is -2.13. The van der Waals surface area contributed by atoms with Crippen LogP contribution in [0.15, 0.2) is 59.0 Å². The molecule has 1 unspecified atom stereocenters. The lowest BCUT2D eigenvalue weighted by atomic mass is 10.0. The fourth-order valence-corrected chi connectivity index (χ4v) is 2.50. The Bertz CT molecular complexity index is 702. The minimum absolute atomic E-state index is 0.131. The van der Waals surface area contributed by atoms with Crippen LogP contribution >= 0.6 is 0 Å². The summed E-state index contributed by atoms with van der Waals surface area (Å²) in [6, 6.07) is 16.5. The van der Waals surface area contributed by atoms with Crippen molar-refractivity contribution in [2.75, 3.05) is 6.54 Å². The van der Waals surface area contributed by atoms with Crippen molar-refractivity contribution in [3.8, 4) is 0 Å². The third-order valence-corrected chi connectivity index (χ3v) is 3.51. The lowest BCUT2D eigenvalue weighted by Gasteiger charge is -2.16. The van der Waals surface area contributed by atoms with Crippen molar-refractivity contribution in [1.82, 2.24) is 5.32 Å². The highest BCUT2D eigenvalue weighted by Gasteiger charge is 2.18. The van der Waals surface area contributed by atoms with E-state index < -0.39 is 0 Å².